The van der Waals surface area contributed by atoms with Crippen molar-refractivity contribution in [1.29, 1.82) is 0 Å². The van der Waals surface area contributed by atoms with Crippen LogP contribution in [0.25, 0.3) is 11.0 Å². The van der Waals surface area contributed by atoms with Crippen LogP contribution in [-0.4, -0.2) is 15.8 Å². The van der Waals surface area contributed by atoms with E-state index in [2.05, 4.69) is 4.98 Å². The normalized spacial score (nSPS) is 14.6. The number of pyridine rings is 1. The zero-order valence-corrected chi connectivity index (χ0v) is 21.3. The van der Waals surface area contributed by atoms with E-state index < -0.39 is 6.04 Å². The molecule has 6 rings (SSSR count). The highest BCUT2D eigenvalue weighted by Gasteiger charge is 2.42. The average molecular weight is 523 g/mol. The van der Waals surface area contributed by atoms with Crippen LogP contribution >= 0.6 is 11.6 Å². The van der Waals surface area contributed by atoms with E-state index in [0.717, 1.165) is 22.3 Å². The van der Waals surface area contributed by atoms with Gasteiger partial charge in [0.05, 0.1) is 17.0 Å². The van der Waals surface area contributed by atoms with E-state index in [4.69, 9.17) is 20.8 Å². The van der Waals surface area contributed by atoms with Crippen LogP contribution in [0.2, 0.25) is 5.02 Å². The van der Waals surface area contributed by atoms with E-state index >= 15 is 0 Å². The molecule has 3 heterocycles. The van der Waals surface area contributed by atoms with Gasteiger partial charge < -0.3 is 14.1 Å². The van der Waals surface area contributed by atoms with Crippen molar-refractivity contribution in [3.8, 4) is 5.75 Å². The van der Waals surface area contributed by atoms with Gasteiger partial charge in [-0.1, -0.05) is 60.1 Å². The molecule has 5 aromatic rings. The molecule has 0 spiro atoms. The van der Waals surface area contributed by atoms with Crippen LogP contribution in [0.3, 0.4) is 0 Å². The quantitative estimate of drug-likeness (QED) is 0.255. The Morgan fingerprint density at radius 1 is 0.974 bits per heavy atom. The molecular formula is C31H23ClN2O4. The summed E-state index contributed by atoms with van der Waals surface area (Å²) in [5, 5.41) is 0.820. The van der Waals surface area contributed by atoms with Crippen molar-refractivity contribution in [2.45, 2.75) is 26.1 Å². The standard InChI is InChI=1S/C31H23ClN2O4/c1-19-14-26-24(15-25(19)32)29(35)27-28(34(31(36)30(27)38-26)17-21-8-5-13-33-16-21)22-9-11-23(12-10-22)37-18-20-6-3-2-4-7-20/h2-16,28H,17-18H2,1H3. The fraction of sp³-hybridized carbons (Fsp3) is 0.129. The fourth-order valence-electron chi connectivity index (χ4n) is 4.83. The van der Waals surface area contributed by atoms with E-state index in [9.17, 15) is 9.59 Å². The third-order valence-corrected chi connectivity index (χ3v) is 7.17. The first kappa shape index (κ1) is 23.9. The van der Waals surface area contributed by atoms with Gasteiger partial charge in [-0.05, 0) is 59.5 Å². The van der Waals surface area contributed by atoms with Crippen LogP contribution in [0.15, 0.2) is 100 Å². The summed E-state index contributed by atoms with van der Waals surface area (Å²) >= 11 is 6.34. The lowest BCUT2D eigenvalue weighted by Crippen LogP contribution is -2.29. The van der Waals surface area contributed by atoms with Crippen molar-refractivity contribution in [1.82, 2.24) is 9.88 Å². The highest BCUT2D eigenvalue weighted by atomic mass is 35.5. The molecule has 38 heavy (non-hydrogen) atoms. The first-order valence-corrected chi connectivity index (χ1v) is 12.6. The molecule has 1 atom stereocenters. The zero-order valence-electron chi connectivity index (χ0n) is 20.6. The molecule has 6 nitrogen and oxygen atoms in total. The first-order chi connectivity index (χ1) is 18.5. The van der Waals surface area contributed by atoms with Crippen LogP contribution in [0.4, 0.5) is 0 Å². The second kappa shape index (κ2) is 9.80. The number of aryl methyl sites for hydroxylation is 1. The summed E-state index contributed by atoms with van der Waals surface area (Å²) < 4.78 is 12.0. The monoisotopic (exact) mass is 522 g/mol. The van der Waals surface area contributed by atoms with Crippen LogP contribution in [0.1, 0.15) is 44.4 Å². The highest BCUT2D eigenvalue weighted by Crippen LogP contribution is 2.40. The number of carbonyl (C=O) groups is 1. The number of rotatable bonds is 6. The van der Waals surface area contributed by atoms with Gasteiger partial charge in [0.2, 0.25) is 5.76 Å². The lowest BCUT2D eigenvalue weighted by atomic mass is 9.98. The summed E-state index contributed by atoms with van der Waals surface area (Å²) in [6.07, 6.45) is 3.39. The van der Waals surface area contributed by atoms with Crippen molar-refractivity contribution in [3.05, 3.63) is 140 Å². The van der Waals surface area contributed by atoms with Gasteiger partial charge in [0.15, 0.2) is 5.43 Å². The summed E-state index contributed by atoms with van der Waals surface area (Å²) in [5.41, 5.74) is 3.84. The topological polar surface area (TPSA) is 72.6 Å². The van der Waals surface area contributed by atoms with E-state index in [-0.39, 0.29) is 23.6 Å². The number of aromatic nitrogens is 1. The number of amides is 1. The van der Waals surface area contributed by atoms with Gasteiger partial charge in [0, 0.05) is 24.0 Å². The van der Waals surface area contributed by atoms with Crippen LogP contribution in [-0.2, 0) is 13.2 Å². The lowest BCUT2D eigenvalue weighted by molar-refractivity contribution is 0.0714. The Morgan fingerprint density at radius 3 is 2.47 bits per heavy atom. The van der Waals surface area contributed by atoms with Crippen molar-refractivity contribution in [2.24, 2.45) is 0 Å². The minimum atomic E-state index is -0.637. The number of hydrogen-bond donors (Lipinski definition) is 0. The molecule has 1 amide bonds. The molecule has 1 unspecified atom stereocenters. The summed E-state index contributed by atoms with van der Waals surface area (Å²) in [6.45, 7) is 2.53. The molecule has 0 fully saturated rings. The molecule has 1 aliphatic rings. The van der Waals surface area contributed by atoms with Crippen LogP contribution < -0.4 is 10.2 Å². The average Bonchev–Trinajstić information content (AvgIpc) is 3.21. The third-order valence-electron chi connectivity index (χ3n) is 6.77. The first-order valence-electron chi connectivity index (χ1n) is 12.2. The number of hydrogen-bond acceptors (Lipinski definition) is 5. The SMILES string of the molecule is Cc1cc2oc3c(c(=O)c2cc1Cl)C(c1ccc(OCc2ccccc2)cc1)N(Cc1cccnc1)C3=O. The Balaban J connectivity index is 1.42. The van der Waals surface area contributed by atoms with E-state index in [1.807, 2.05) is 73.7 Å². The van der Waals surface area contributed by atoms with Crippen molar-refractivity contribution in [3.63, 3.8) is 0 Å². The maximum absolute atomic E-state index is 13.8. The molecule has 0 saturated heterocycles. The van der Waals surface area contributed by atoms with Gasteiger partial charge in [-0.15, -0.1) is 0 Å². The Morgan fingerprint density at radius 2 is 1.74 bits per heavy atom. The van der Waals surface area contributed by atoms with Crippen molar-refractivity contribution in [2.75, 3.05) is 0 Å². The van der Waals surface area contributed by atoms with Crippen molar-refractivity contribution >= 4 is 28.5 Å². The zero-order chi connectivity index (χ0) is 26.2. The van der Waals surface area contributed by atoms with Gasteiger partial charge >= 0.3 is 0 Å². The molecule has 0 saturated carbocycles. The Kier molecular flexibility index (Phi) is 6.18. The number of carbonyl (C=O) groups excluding carboxylic acids is 1. The van der Waals surface area contributed by atoms with E-state index in [1.165, 1.54) is 0 Å². The summed E-state index contributed by atoms with van der Waals surface area (Å²) in [7, 11) is 0. The molecular weight excluding hydrogens is 500 g/mol. The van der Waals surface area contributed by atoms with Gasteiger partial charge in [0.25, 0.3) is 5.91 Å². The molecule has 3 aromatic carbocycles. The third kappa shape index (κ3) is 4.33. The predicted octanol–water partition coefficient (Wildman–Crippen LogP) is 6.47. The lowest BCUT2D eigenvalue weighted by Gasteiger charge is -2.25. The summed E-state index contributed by atoms with van der Waals surface area (Å²) in [6, 6.07) is 23.8. The number of fused-ring (bicyclic) bond motifs is 2. The van der Waals surface area contributed by atoms with Crippen LogP contribution in [0, 0.1) is 6.92 Å². The molecule has 0 bridgehead atoms. The number of halogens is 1. The largest absolute Gasteiger partial charge is 0.489 e. The Bertz CT molecular complexity index is 1700. The van der Waals surface area contributed by atoms with Crippen LogP contribution in [0.5, 0.6) is 5.75 Å². The van der Waals surface area contributed by atoms with Gasteiger partial charge in [-0.25, -0.2) is 0 Å². The Hall–Kier alpha value is -4.42. The van der Waals surface area contributed by atoms with Gasteiger partial charge in [0.1, 0.15) is 17.9 Å². The number of benzene rings is 3. The second-order valence-electron chi connectivity index (χ2n) is 9.31. The summed E-state index contributed by atoms with van der Waals surface area (Å²) in [4.78, 5) is 33.3. The summed E-state index contributed by atoms with van der Waals surface area (Å²) in [5.74, 6) is 0.404. The van der Waals surface area contributed by atoms with E-state index in [0.29, 0.717) is 33.9 Å². The number of nitrogens with zero attached hydrogens (tertiary/aromatic N) is 2. The molecule has 1 aliphatic heterocycles. The molecule has 0 N–H and O–H groups in total. The van der Waals surface area contributed by atoms with E-state index in [1.54, 1.807) is 29.4 Å². The van der Waals surface area contributed by atoms with Gasteiger partial charge in [-0.3, -0.25) is 14.6 Å². The Labute approximate surface area is 224 Å². The minimum Gasteiger partial charge on any atom is -0.489 e. The molecule has 2 aromatic heterocycles. The highest BCUT2D eigenvalue weighted by molar-refractivity contribution is 6.32. The molecule has 7 heteroatoms. The maximum atomic E-state index is 13.8. The maximum Gasteiger partial charge on any atom is 0.291 e. The van der Waals surface area contributed by atoms with Gasteiger partial charge in [-0.2, -0.15) is 0 Å². The fourth-order valence-corrected chi connectivity index (χ4v) is 4.99. The number of ether oxygens (including phenoxy) is 1. The molecule has 188 valence electrons. The predicted molar refractivity (Wildman–Crippen MR) is 145 cm³/mol. The molecule has 0 radical (unpaired) electrons. The van der Waals surface area contributed by atoms with Crippen molar-refractivity contribution < 1.29 is 13.9 Å². The smallest absolute Gasteiger partial charge is 0.291 e. The molecule has 0 aliphatic carbocycles. The second-order valence-corrected chi connectivity index (χ2v) is 9.72. The minimum absolute atomic E-state index is 0.0579.